The highest BCUT2D eigenvalue weighted by Gasteiger charge is 2.18. The van der Waals surface area contributed by atoms with Crippen LogP contribution < -0.4 is 4.74 Å². The number of amides is 1. The van der Waals surface area contributed by atoms with Crippen molar-refractivity contribution < 1.29 is 14.3 Å². The quantitative estimate of drug-likeness (QED) is 0.679. The fourth-order valence-corrected chi connectivity index (χ4v) is 2.88. The number of methoxy groups -OCH3 is 1. The molecule has 0 aromatic carbocycles. The van der Waals surface area contributed by atoms with Crippen LogP contribution >= 0.6 is 0 Å². The first-order valence-corrected chi connectivity index (χ1v) is 9.33. The summed E-state index contributed by atoms with van der Waals surface area (Å²) >= 11 is 0. The standard InChI is InChI=1S/C12H12N2O.C10H12N2O2/c1-9-6-13-4-3-12(9)10-5-11(15-2)8-14-7-10;13-10-8-14-6-5-12(10)7-9-3-1-2-4-11-9/h3-8H,1-2H3;1-4H,5-8H2. The molecule has 0 radical (unpaired) electrons. The maximum atomic E-state index is 11.4. The number of hydrogen-bond donors (Lipinski definition) is 0. The molecule has 0 atom stereocenters. The number of hydrogen-bond acceptors (Lipinski definition) is 6. The second kappa shape index (κ2) is 10.3. The fourth-order valence-electron chi connectivity index (χ4n) is 2.88. The minimum atomic E-state index is 0.0434. The van der Waals surface area contributed by atoms with Crippen LogP contribution in [0.4, 0.5) is 0 Å². The van der Waals surface area contributed by atoms with E-state index in [0.29, 0.717) is 19.7 Å². The van der Waals surface area contributed by atoms with Crippen LogP contribution in [0, 0.1) is 6.92 Å². The third-order valence-electron chi connectivity index (χ3n) is 4.44. The third-order valence-corrected chi connectivity index (χ3v) is 4.44. The predicted molar refractivity (Wildman–Crippen MR) is 109 cm³/mol. The zero-order valence-electron chi connectivity index (χ0n) is 16.6. The van der Waals surface area contributed by atoms with Gasteiger partial charge in [-0.15, -0.1) is 0 Å². The monoisotopic (exact) mass is 392 g/mol. The number of aryl methyl sites for hydroxylation is 1. The molecule has 7 heteroatoms. The van der Waals surface area contributed by atoms with E-state index in [-0.39, 0.29) is 12.5 Å². The number of morpholine rings is 1. The molecule has 1 aliphatic rings. The minimum Gasteiger partial charge on any atom is -0.495 e. The number of rotatable bonds is 4. The van der Waals surface area contributed by atoms with Crippen LogP contribution in [0.1, 0.15) is 11.3 Å². The minimum absolute atomic E-state index is 0.0434. The zero-order valence-corrected chi connectivity index (χ0v) is 16.6. The van der Waals surface area contributed by atoms with Crippen molar-refractivity contribution in [2.75, 3.05) is 26.9 Å². The van der Waals surface area contributed by atoms with E-state index in [0.717, 1.165) is 28.1 Å². The van der Waals surface area contributed by atoms with Crippen molar-refractivity contribution in [1.29, 1.82) is 0 Å². The summed E-state index contributed by atoms with van der Waals surface area (Å²) in [6.45, 7) is 4.10. The first-order valence-electron chi connectivity index (χ1n) is 9.33. The van der Waals surface area contributed by atoms with Crippen molar-refractivity contribution in [3.8, 4) is 16.9 Å². The Bertz CT molecular complexity index is 934. The Labute approximate surface area is 170 Å². The molecule has 0 N–H and O–H groups in total. The van der Waals surface area contributed by atoms with Crippen LogP contribution in [0.25, 0.3) is 11.1 Å². The molecule has 1 amide bonds. The SMILES string of the molecule is COc1cncc(-c2ccncc2C)c1.O=C1COCCN1Cc1ccccn1. The molecule has 3 aromatic rings. The van der Waals surface area contributed by atoms with Crippen molar-refractivity contribution in [1.82, 2.24) is 19.9 Å². The highest BCUT2D eigenvalue weighted by Crippen LogP contribution is 2.24. The fraction of sp³-hybridized carbons (Fsp3) is 0.273. The highest BCUT2D eigenvalue weighted by atomic mass is 16.5. The number of nitrogens with zero attached hydrogens (tertiary/aromatic N) is 4. The highest BCUT2D eigenvalue weighted by molar-refractivity contribution is 5.77. The van der Waals surface area contributed by atoms with Gasteiger partial charge in [0, 0.05) is 36.9 Å². The van der Waals surface area contributed by atoms with Crippen LogP contribution in [-0.4, -0.2) is 52.6 Å². The van der Waals surface area contributed by atoms with Gasteiger partial charge in [-0.1, -0.05) is 6.07 Å². The molecule has 1 aliphatic heterocycles. The number of carbonyl (C=O) groups excluding carboxylic acids is 1. The molecule has 4 heterocycles. The molecule has 3 aromatic heterocycles. The van der Waals surface area contributed by atoms with Crippen molar-refractivity contribution in [3.63, 3.8) is 0 Å². The summed E-state index contributed by atoms with van der Waals surface area (Å²) in [6.07, 6.45) is 8.88. The molecular weight excluding hydrogens is 368 g/mol. The number of ether oxygens (including phenoxy) is 2. The normalized spacial score (nSPS) is 13.4. The average Bonchev–Trinajstić information content (AvgIpc) is 2.77. The first kappa shape index (κ1) is 20.4. The van der Waals surface area contributed by atoms with Crippen LogP contribution in [0.5, 0.6) is 5.75 Å². The summed E-state index contributed by atoms with van der Waals surface area (Å²) in [5.41, 5.74) is 4.24. The van der Waals surface area contributed by atoms with Crippen molar-refractivity contribution in [2.24, 2.45) is 0 Å². The smallest absolute Gasteiger partial charge is 0.248 e. The molecule has 150 valence electrons. The molecule has 0 aliphatic carbocycles. The summed E-state index contributed by atoms with van der Waals surface area (Å²) in [4.78, 5) is 25.5. The largest absolute Gasteiger partial charge is 0.495 e. The van der Waals surface area contributed by atoms with Crippen molar-refractivity contribution >= 4 is 5.91 Å². The third kappa shape index (κ3) is 5.83. The van der Waals surface area contributed by atoms with Gasteiger partial charge in [0.25, 0.3) is 0 Å². The number of carbonyl (C=O) groups is 1. The number of aromatic nitrogens is 3. The van der Waals surface area contributed by atoms with Gasteiger partial charge in [0.15, 0.2) is 0 Å². The Morgan fingerprint density at radius 2 is 2.03 bits per heavy atom. The topological polar surface area (TPSA) is 77.4 Å². The van der Waals surface area contributed by atoms with Gasteiger partial charge in [0.1, 0.15) is 12.4 Å². The average molecular weight is 392 g/mol. The lowest BCUT2D eigenvalue weighted by atomic mass is 10.0. The Kier molecular flexibility index (Phi) is 7.24. The van der Waals surface area contributed by atoms with Gasteiger partial charge in [-0.05, 0) is 42.3 Å². The van der Waals surface area contributed by atoms with E-state index in [1.807, 2.05) is 49.6 Å². The van der Waals surface area contributed by atoms with Gasteiger partial charge < -0.3 is 14.4 Å². The lowest BCUT2D eigenvalue weighted by Gasteiger charge is -2.26. The van der Waals surface area contributed by atoms with Gasteiger partial charge in [-0.25, -0.2) is 0 Å². The van der Waals surface area contributed by atoms with Crippen molar-refractivity contribution in [2.45, 2.75) is 13.5 Å². The van der Waals surface area contributed by atoms with Gasteiger partial charge in [-0.3, -0.25) is 19.7 Å². The van der Waals surface area contributed by atoms with E-state index in [1.54, 1.807) is 30.6 Å². The van der Waals surface area contributed by atoms with Crippen LogP contribution in [0.3, 0.4) is 0 Å². The lowest BCUT2D eigenvalue weighted by Crippen LogP contribution is -2.41. The summed E-state index contributed by atoms with van der Waals surface area (Å²) in [6, 6.07) is 9.65. The molecular formula is C22H24N4O3. The van der Waals surface area contributed by atoms with Crippen LogP contribution in [-0.2, 0) is 16.1 Å². The Morgan fingerprint density at radius 1 is 1.14 bits per heavy atom. The molecule has 1 fully saturated rings. The van der Waals surface area contributed by atoms with Gasteiger partial charge >= 0.3 is 0 Å². The first-order chi connectivity index (χ1) is 14.2. The predicted octanol–water partition coefficient (Wildman–Crippen LogP) is 2.90. The number of pyridine rings is 3. The lowest BCUT2D eigenvalue weighted by molar-refractivity contribution is -0.143. The molecule has 7 nitrogen and oxygen atoms in total. The van der Waals surface area contributed by atoms with Gasteiger partial charge in [-0.2, -0.15) is 0 Å². The maximum absolute atomic E-state index is 11.4. The molecule has 29 heavy (non-hydrogen) atoms. The van der Waals surface area contributed by atoms with Gasteiger partial charge in [0.05, 0.1) is 32.2 Å². The zero-order chi connectivity index (χ0) is 20.5. The van der Waals surface area contributed by atoms with E-state index in [4.69, 9.17) is 9.47 Å². The molecule has 0 spiro atoms. The van der Waals surface area contributed by atoms with Crippen LogP contribution in [0.15, 0.2) is 61.3 Å². The van der Waals surface area contributed by atoms with Crippen LogP contribution in [0.2, 0.25) is 0 Å². The summed E-state index contributed by atoms with van der Waals surface area (Å²) in [5, 5.41) is 0. The second-order valence-corrected chi connectivity index (χ2v) is 6.49. The Hall–Kier alpha value is -3.32. The van der Waals surface area contributed by atoms with E-state index >= 15 is 0 Å². The summed E-state index contributed by atoms with van der Waals surface area (Å²) < 4.78 is 10.2. The Balaban J connectivity index is 0.000000166. The summed E-state index contributed by atoms with van der Waals surface area (Å²) in [5.74, 6) is 0.811. The molecule has 1 saturated heterocycles. The molecule has 0 bridgehead atoms. The molecule has 4 rings (SSSR count). The van der Waals surface area contributed by atoms with E-state index in [9.17, 15) is 4.79 Å². The van der Waals surface area contributed by atoms with Crippen molar-refractivity contribution in [3.05, 3.63) is 72.6 Å². The maximum Gasteiger partial charge on any atom is 0.248 e. The van der Waals surface area contributed by atoms with E-state index < -0.39 is 0 Å². The summed E-state index contributed by atoms with van der Waals surface area (Å²) in [7, 11) is 1.64. The second-order valence-electron chi connectivity index (χ2n) is 6.49. The van der Waals surface area contributed by atoms with E-state index in [2.05, 4.69) is 15.0 Å². The molecule has 0 unspecified atom stereocenters. The van der Waals surface area contributed by atoms with E-state index in [1.165, 1.54) is 0 Å². The Morgan fingerprint density at radius 3 is 2.76 bits per heavy atom. The van der Waals surface area contributed by atoms with Gasteiger partial charge in [0.2, 0.25) is 5.91 Å². The molecule has 0 saturated carbocycles.